The monoisotopic (exact) mass is 316 g/mol. The summed E-state index contributed by atoms with van der Waals surface area (Å²) in [6.45, 7) is 14.4. The minimum absolute atomic E-state index is 0.141. The third-order valence-corrected chi connectivity index (χ3v) is 3.77. The van der Waals surface area contributed by atoms with Crippen molar-refractivity contribution in [3.8, 4) is 0 Å². The van der Waals surface area contributed by atoms with E-state index >= 15 is 0 Å². The fourth-order valence-corrected chi connectivity index (χ4v) is 2.35. The Bertz CT molecular complexity index is 607. The van der Waals surface area contributed by atoms with Crippen molar-refractivity contribution in [2.24, 2.45) is 0 Å². The van der Waals surface area contributed by atoms with Crippen molar-refractivity contribution in [3.05, 3.63) is 53.4 Å². The number of fused-ring (bicyclic) bond motifs is 1. The highest BCUT2D eigenvalue weighted by Gasteiger charge is 2.08. The first-order valence-electron chi connectivity index (χ1n) is 8.87. The Morgan fingerprint density at radius 2 is 1.65 bits per heavy atom. The van der Waals surface area contributed by atoms with Gasteiger partial charge in [-0.2, -0.15) is 0 Å². The van der Waals surface area contributed by atoms with Gasteiger partial charge in [-0.25, -0.2) is 4.39 Å². The lowest BCUT2D eigenvalue weighted by molar-refractivity contribution is 0.639. The molecule has 2 aromatic carbocycles. The summed E-state index contributed by atoms with van der Waals surface area (Å²) in [5.41, 5.74) is 3.21. The summed E-state index contributed by atoms with van der Waals surface area (Å²) in [6.07, 6.45) is 6.09. The Balaban J connectivity index is 0.000000594. The van der Waals surface area contributed by atoms with Crippen LogP contribution in [0.2, 0.25) is 0 Å². The van der Waals surface area contributed by atoms with Gasteiger partial charge in [-0.1, -0.05) is 77.3 Å². The van der Waals surface area contributed by atoms with Crippen molar-refractivity contribution in [1.29, 1.82) is 0 Å². The molecule has 0 spiro atoms. The number of aryl methyl sites for hydroxylation is 1. The van der Waals surface area contributed by atoms with Crippen LogP contribution in [0.5, 0.6) is 0 Å². The number of benzene rings is 2. The lowest BCUT2D eigenvalue weighted by Crippen LogP contribution is -1.89. The highest BCUT2D eigenvalue weighted by Crippen LogP contribution is 2.29. The molecule has 0 atom stereocenters. The molecule has 0 N–H and O–H groups in total. The fraction of sp³-hybridized carbons (Fsp3) is 0.455. The number of rotatable bonds is 3. The second-order valence-corrected chi connectivity index (χ2v) is 5.42. The van der Waals surface area contributed by atoms with Crippen molar-refractivity contribution >= 4 is 16.3 Å². The molecule has 2 rings (SSSR count). The minimum atomic E-state index is -0.141. The predicted molar refractivity (Wildman–Crippen MR) is 105 cm³/mol. The quantitative estimate of drug-likeness (QED) is 0.539. The summed E-state index contributed by atoms with van der Waals surface area (Å²) in [5.74, 6) is -0.141. The summed E-state index contributed by atoms with van der Waals surface area (Å²) in [5, 5.41) is 1.73. The first-order chi connectivity index (χ1) is 11.1. The Hall–Kier alpha value is -1.63. The van der Waals surface area contributed by atoms with E-state index in [1.54, 1.807) is 6.07 Å². The van der Waals surface area contributed by atoms with Crippen LogP contribution in [-0.2, 0) is 0 Å². The molecule has 2 aromatic rings. The van der Waals surface area contributed by atoms with Crippen LogP contribution >= 0.6 is 0 Å². The van der Waals surface area contributed by atoms with E-state index in [9.17, 15) is 4.39 Å². The summed E-state index contributed by atoms with van der Waals surface area (Å²) in [6, 6.07) is 9.30. The Kier molecular flexibility index (Phi) is 11.0. The first-order valence-corrected chi connectivity index (χ1v) is 8.87. The van der Waals surface area contributed by atoms with E-state index < -0.39 is 0 Å². The molecule has 0 amide bonds. The lowest BCUT2D eigenvalue weighted by Gasteiger charge is -2.10. The SMILES string of the molecule is C/C=C(\C)c1ccc(C)c2cccc(F)c12.CC.CCCCC. The molecule has 0 saturated carbocycles. The smallest absolute Gasteiger partial charge is 0.131 e. The zero-order valence-electron chi connectivity index (χ0n) is 16.0. The highest BCUT2D eigenvalue weighted by molar-refractivity contribution is 5.95. The molecule has 0 saturated heterocycles. The second-order valence-electron chi connectivity index (χ2n) is 5.42. The first kappa shape index (κ1) is 21.4. The number of halogens is 1. The van der Waals surface area contributed by atoms with Crippen LogP contribution in [0.1, 0.15) is 71.9 Å². The maximum absolute atomic E-state index is 13.9. The van der Waals surface area contributed by atoms with E-state index in [0.717, 1.165) is 27.5 Å². The Labute approximate surface area is 142 Å². The number of hydrogen-bond acceptors (Lipinski definition) is 0. The zero-order valence-corrected chi connectivity index (χ0v) is 16.0. The average Bonchev–Trinajstić information content (AvgIpc) is 2.58. The third kappa shape index (κ3) is 6.17. The molecule has 0 fully saturated rings. The molecule has 0 aliphatic heterocycles. The van der Waals surface area contributed by atoms with Crippen molar-refractivity contribution < 1.29 is 4.39 Å². The molecule has 1 heteroatoms. The average molecular weight is 317 g/mol. The van der Waals surface area contributed by atoms with Crippen molar-refractivity contribution in [2.45, 2.75) is 67.7 Å². The van der Waals surface area contributed by atoms with Crippen molar-refractivity contribution in [3.63, 3.8) is 0 Å². The molecule has 0 nitrogen and oxygen atoms in total. The van der Waals surface area contributed by atoms with Gasteiger partial charge in [0, 0.05) is 5.39 Å². The van der Waals surface area contributed by atoms with Crippen LogP contribution in [0, 0.1) is 12.7 Å². The van der Waals surface area contributed by atoms with Crippen LogP contribution in [0.4, 0.5) is 4.39 Å². The highest BCUT2D eigenvalue weighted by atomic mass is 19.1. The molecule has 128 valence electrons. The van der Waals surface area contributed by atoms with Gasteiger partial charge < -0.3 is 0 Å². The molecule has 23 heavy (non-hydrogen) atoms. The van der Waals surface area contributed by atoms with Crippen molar-refractivity contribution in [2.75, 3.05) is 0 Å². The van der Waals surface area contributed by atoms with Gasteiger partial charge in [0.05, 0.1) is 0 Å². The minimum Gasteiger partial charge on any atom is -0.206 e. The van der Waals surface area contributed by atoms with Gasteiger partial charge in [0.25, 0.3) is 0 Å². The van der Waals surface area contributed by atoms with Crippen LogP contribution < -0.4 is 0 Å². The van der Waals surface area contributed by atoms with Gasteiger partial charge in [-0.15, -0.1) is 0 Å². The van der Waals surface area contributed by atoms with E-state index in [2.05, 4.69) is 13.8 Å². The van der Waals surface area contributed by atoms with Crippen LogP contribution in [0.25, 0.3) is 16.3 Å². The predicted octanol–water partition coefficient (Wildman–Crippen LogP) is 7.93. The lowest BCUT2D eigenvalue weighted by atomic mass is 9.96. The van der Waals surface area contributed by atoms with Gasteiger partial charge >= 0.3 is 0 Å². The van der Waals surface area contributed by atoms with Crippen LogP contribution in [0.15, 0.2) is 36.4 Å². The molecule has 0 aromatic heterocycles. The molecule has 0 heterocycles. The summed E-state index contributed by atoms with van der Waals surface area (Å²) < 4.78 is 13.9. The number of unbranched alkanes of at least 4 members (excludes halogenated alkanes) is 2. The molecule has 0 bridgehead atoms. The molecule has 0 aliphatic carbocycles. The Morgan fingerprint density at radius 3 is 2.13 bits per heavy atom. The van der Waals surface area contributed by atoms with Crippen LogP contribution in [0.3, 0.4) is 0 Å². The maximum atomic E-state index is 13.9. The third-order valence-electron chi connectivity index (χ3n) is 3.77. The Morgan fingerprint density at radius 1 is 1.04 bits per heavy atom. The van der Waals surface area contributed by atoms with Gasteiger partial charge in [0.1, 0.15) is 5.82 Å². The van der Waals surface area contributed by atoms with E-state index in [1.807, 2.05) is 58.9 Å². The molecular formula is C22H33F. The van der Waals surface area contributed by atoms with E-state index in [-0.39, 0.29) is 5.82 Å². The summed E-state index contributed by atoms with van der Waals surface area (Å²) >= 11 is 0. The molecule has 0 unspecified atom stereocenters. The van der Waals surface area contributed by atoms with Gasteiger partial charge in [0.2, 0.25) is 0 Å². The van der Waals surface area contributed by atoms with Gasteiger partial charge in [0.15, 0.2) is 0 Å². The molecule has 0 radical (unpaired) electrons. The van der Waals surface area contributed by atoms with E-state index in [0.29, 0.717) is 0 Å². The zero-order chi connectivity index (χ0) is 17.8. The molecule has 0 aliphatic rings. The largest absolute Gasteiger partial charge is 0.206 e. The maximum Gasteiger partial charge on any atom is 0.131 e. The van der Waals surface area contributed by atoms with Gasteiger partial charge in [-0.3, -0.25) is 0 Å². The normalized spacial score (nSPS) is 10.5. The van der Waals surface area contributed by atoms with E-state index in [4.69, 9.17) is 0 Å². The number of allylic oxidation sites excluding steroid dienone is 2. The standard InChI is InChI=1S/C15H15F.C5H12.C2H6/c1-4-10(2)13-9-8-11(3)12-6-5-7-14(16)15(12)13;1-3-5-4-2;1-2/h4-9H,1-3H3;3-5H2,1-2H3;1-2H3/b10-4+;;. The topological polar surface area (TPSA) is 0 Å². The fourth-order valence-electron chi connectivity index (χ4n) is 2.35. The summed E-state index contributed by atoms with van der Waals surface area (Å²) in [4.78, 5) is 0. The molecular weight excluding hydrogens is 283 g/mol. The summed E-state index contributed by atoms with van der Waals surface area (Å²) in [7, 11) is 0. The van der Waals surface area contributed by atoms with E-state index in [1.165, 1.54) is 25.3 Å². The number of hydrogen-bond donors (Lipinski definition) is 0. The van der Waals surface area contributed by atoms with Gasteiger partial charge in [-0.05, 0) is 48.9 Å². The second kappa shape index (κ2) is 11.9. The van der Waals surface area contributed by atoms with Crippen LogP contribution in [-0.4, -0.2) is 0 Å². The van der Waals surface area contributed by atoms with Crippen molar-refractivity contribution in [1.82, 2.24) is 0 Å².